The van der Waals surface area contributed by atoms with Gasteiger partial charge < -0.3 is 9.80 Å². The van der Waals surface area contributed by atoms with Gasteiger partial charge in [-0.2, -0.15) is 0 Å². The summed E-state index contributed by atoms with van der Waals surface area (Å²) in [5.74, 6) is 0.896. The normalized spacial score (nSPS) is 21.1. The number of likely N-dealkylation sites (N-methyl/N-ethyl adjacent to an activating group) is 1. The number of hydrogen-bond acceptors (Lipinski definition) is 6. The summed E-state index contributed by atoms with van der Waals surface area (Å²) in [4.78, 5) is 28.9. The van der Waals surface area contributed by atoms with Crippen LogP contribution < -0.4 is 0 Å². The second kappa shape index (κ2) is 6.53. The zero-order valence-electron chi connectivity index (χ0n) is 15.8. The van der Waals surface area contributed by atoms with Gasteiger partial charge in [0, 0.05) is 31.1 Å². The molecule has 7 nitrogen and oxygen atoms in total. The summed E-state index contributed by atoms with van der Waals surface area (Å²) in [7, 11) is 0. The van der Waals surface area contributed by atoms with Crippen molar-refractivity contribution in [3.05, 3.63) is 22.6 Å². The number of piperazine rings is 1. The van der Waals surface area contributed by atoms with Gasteiger partial charge in [0.25, 0.3) is 5.91 Å². The molecule has 0 spiro atoms. The Morgan fingerprint density at radius 1 is 1.30 bits per heavy atom. The summed E-state index contributed by atoms with van der Waals surface area (Å²) in [5, 5.41) is 5.57. The van der Waals surface area contributed by atoms with Crippen LogP contribution in [0.4, 0.5) is 0 Å². The second-order valence-corrected chi connectivity index (χ2v) is 8.79. The van der Waals surface area contributed by atoms with E-state index in [0.717, 1.165) is 61.4 Å². The SMILES string of the molecule is CCN1CCN(C(=O)c2nc3c4c5c(sc4ncn3n2)CCC(C)C5)CC1. The minimum atomic E-state index is -0.0694. The Kier molecular flexibility index (Phi) is 4.12. The number of carbonyl (C=O) groups excluding carboxylic acids is 1. The third kappa shape index (κ3) is 2.82. The van der Waals surface area contributed by atoms with Crippen LogP contribution in [0.2, 0.25) is 0 Å². The van der Waals surface area contributed by atoms with Crippen LogP contribution in [0.1, 0.15) is 41.3 Å². The molecule has 0 radical (unpaired) electrons. The van der Waals surface area contributed by atoms with Crippen LogP contribution in [0, 0.1) is 5.92 Å². The van der Waals surface area contributed by atoms with Crippen molar-refractivity contribution in [2.24, 2.45) is 5.92 Å². The number of carbonyl (C=O) groups is 1. The topological polar surface area (TPSA) is 66.6 Å². The maximum Gasteiger partial charge on any atom is 0.293 e. The Labute approximate surface area is 162 Å². The molecule has 1 fully saturated rings. The summed E-state index contributed by atoms with van der Waals surface area (Å²) >= 11 is 1.77. The highest BCUT2D eigenvalue weighted by Gasteiger charge is 2.27. The summed E-state index contributed by atoms with van der Waals surface area (Å²) in [6.45, 7) is 8.79. The van der Waals surface area contributed by atoms with Gasteiger partial charge in [-0.3, -0.25) is 4.79 Å². The van der Waals surface area contributed by atoms with E-state index in [0.29, 0.717) is 5.92 Å². The molecule has 27 heavy (non-hydrogen) atoms. The van der Waals surface area contributed by atoms with E-state index in [4.69, 9.17) is 0 Å². The van der Waals surface area contributed by atoms with Crippen molar-refractivity contribution in [3.63, 3.8) is 0 Å². The molecule has 4 heterocycles. The van der Waals surface area contributed by atoms with Gasteiger partial charge in [-0.1, -0.05) is 13.8 Å². The first-order valence-electron chi connectivity index (χ1n) is 9.81. The van der Waals surface area contributed by atoms with E-state index in [1.165, 1.54) is 16.9 Å². The lowest BCUT2D eigenvalue weighted by molar-refractivity contribution is 0.0631. The number of rotatable bonds is 2. The van der Waals surface area contributed by atoms with Crippen molar-refractivity contribution in [3.8, 4) is 0 Å². The fourth-order valence-electron chi connectivity index (χ4n) is 4.25. The van der Waals surface area contributed by atoms with Crippen LogP contribution in [0.15, 0.2) is 6.33 Å². The van der Waals surface area contributed by atoms with E-state index in [2.05, 4.69) is 33.8 Å². The van der Waals surface area contributed by atoms with Crippen LogP contribution >= 0.6 is 11.3 Å². The average molecular weight is 385 g/mol. The van der Waals surface area contributed by atoms with E-state index in [1.807, 2.05) is 4.90 Å². The summed E-state index contributed by atoms with van der Waals surface area (Å²) in [5.41, 5.74) is 2.15. The van der Waals surface area contributed by atoms with Gasteiger partial charge >= 0.3 is 0 Å². The zero-order chi connectivity index (χ0) is 18.5. The number of amides is 1. The molecule has 0 saturated carbocycles. The summed E-state index contributed by atoms with van der Waals surface area (Å²) in [6.07, 6.45) is 5.11. The highest BCUT2D eigenvalue weighted by atomic mass is 32.1. The van der Waals surface area contributed by atoms with Gasteiger partial charge in [0.1, 0.15) is 11.2 Å². The van der Waals surface area contributed by atoms with E-state index in [9.17, 15) is 4.79 Å². The first kappa shape index (κ1) is 17.1. The number of nitrogens with zero attached hydrogens (tertiary/aromatic N) is 6. The monoisotopic (exact) mass is 384 g/mol. The van der Waals surface area contributed by atoms with Gasteiger partial charge in [-0.05, 0) is 37.3 Å². The molecule has 0 N–H and O–H groups in total. The smallest absolute Gasteiger partial charge is 0.293 e. The van der Waals surface area contributed by atoms with Crippen molar-refractivity contribution in [1.29, 1.82) is 0 Å². The van der Waals surface area contributed by atoms with Crippen LogP contribution in [0.25, 0.3) is 15.9 Å². The molecule has 2 aliphatic rings. The van der Waals surface area contributed by atoms with E-state index < -0.39 is 0 Å². The minimum absolute atomic E-state index is 0.0694. The highest BCUT2D eigenvalue weighted by Crippen LogP contribution is 2.38. The van der Waals surface area contributed by atoms with E-state index >= 15 is 0 Å². The van der Waals surface area contributed by atoms with E-state index in [1.54, 1.807) is 22.2 Å². The van der Waals surface area contributed by atoms with Crippen LogP contribution in [0.5, 0.6) is 0 Å². The molecule has 0 bridgehead atoms. The Hall–Kier alpha value is -2.06. The predicted molar refractivity (Wildman–Crippen MR) is 105 cm³/mol. The van der Waals surface area contributed by atoms with Crippen LogP contribution in [-0.2, 0) is 12.8 Å². The standard InChI is InChI=1S/C19H24N6OS/c1-3-23-6-8-24(9-7-23)19(26)16-21-17-15-13-10-12(2)4-5-14(13)27-18(15)20-11-25(17)22-16/h11-12H,3-10H2,1-2H3. The molecule has 142 valence electrons. The third-order valence-corrected chi connectivity index (χ3v) is 7.13. The molecule has 0 aromatic carbocycles. The Morgan fingerprint density at radius 3 is 2.89 bits per heavy atom. The van der Waals surface area contributed by atoms with Crippen molar-refractivity contribution < 1.29 is 4.79 Å². The van der Waals surface area contributed by atoms with Crippen molar-refractivity contribution in [1.82, 2.24) is 29.4 Å². The Balaban J connectivity index is 1.53. The molecule has 5 rings (SSSR count). The molecule has 1 aliphatic heterocycles. The molecule has 3 aromatic heterocycles. The molecule has 1 aliphatic carbocycles. The number of aromatic nitrogens is 4. The minimum Gasteiger partial charge on any atom is -0.333 e. The number of thiophene rings is 1. The third-order valence-electron chi connectivity index (χ3n) is 5.93. The molecular formula is C19H24N6OS. The van der Waals surface area contributed by atoms with Crippen molar-refractivity contribution >= 4 is 33.1 Å². The molecule has 1 atom stereocenters. The molecule has 3 aromatic rings. The van der Waals surface area contributed by atoms with Gasteiger partial charge in [-0.25, -0.2) is 14.5 Å². The molecular weight excluding hydrogens is 360 g/mol. The maximum absolute atomic E-state index is 12.9. The van der Waals surface area contributed by atoms with Crippen LogP contribution in [0.3, 0.4) is 0 Å². The predicted octanol–water partition coefficient (Wildman–Crippen LogP) is 2.24. The molecule has 1 unspecified atom stereocenters. The van der Waals surface area contributed by atoms with E-state index in [-0.39, 0.29) is 11.7 Å². The highest BCUT2D eigenvalue weighted by molar-refractivity contribution is 7.19. The van der Waals surface area contributed by atoms with Crippen molar-refractivity contribution in [2.75, 3.05) is 32.7 Å². The van der Waals surface area contributed by atoms with Gasteiger partial charge in [0.05, 0.1) is 5.39 Å². The second-order valence-electron chi connectivity index (χ2n) is 7.71. The quantitative estimate of drug-likeness (QED) is 0.678. The van der Waals surface area contributed by atoms with Gasteiger partial charge in [0.2, 0.25) is 5.82 Å². The molecule has 1 saturated heterocycles. The van der Waals surface area contributed by atoms with Crippen LogP contribution in [-0.4, -0.2) is 68.0 Å². The number of aryl methyl sites for hydroxylation is 1. The maximum atomic E-state index is 12.9. The molecule has 8 heteroatoms. The lowest BCUT2D eigenvalue weighted by atomic mass is 9.89. The summed E-state index contributed by atoms with van der Waals surface area (Å²) in [6, 6.07) is 0. The lowest BCUT2D eigenvalue weighted by Gasteiger charge is -2.33. The van der Waals surface area contributed by atoms with Crippen molar-refractivity contribution in [2.45, 2.75) is 33.1 Å². The number of fused-ring (bicyclic) bond motifs is 5. The first-order valence-corrected chi connectivity index (χ1v) is 10.6. The average Bonchev–Trinajstić information content (AvgIpc) is 3.28. The largest absolute Gasteiger partial charge is 0.333 e. The van der Waals surface area contributed by atoms with Gasteiger partial charge in [-0.15, -0.1) is 16.4 Å². The Morgan fingerprint density at radius 2 is 2.11 bits per heavy atom. The summed E-state index contributed by atoms with van der Waals surface area (Å²) < 4.78 is 1.68. The zero-order valence-corrected chi connectivity index (χ0v) is 16.6. The number of hydrogen-bond donors (Lipinski definition) is 0. The fourth-order valence-corrected chi connectivity index (χ4v) is 5.42. The fraction of sp³-hybridized carbons (Fsp3) is 0.579. The van der Waals surface area contributed by atoms with Gasteiger partial charge in [0.15, 0.2) is 5.65 Å². The Bertz CT molecular complexity index is 1020. The first-order chi connectivity index (χ1) is 13.1. The molecule has 1 amide bonds. The lowest BCUT2D eigenvalue weighted by Crippen LogP contribution is -2.48.